The van der Waals surface area contributed by atoms with E-state index >= 15 is 0 Å². The molecule has 164 valence electrons. The molecule has 1 unspecified atom stereocenters. The normalized spacial score (nSPS) is 23.7. The highest BCUT2D eigenvalue weighted by atomic mass is 19.4. The van der Waals surface area contributed by atoms with Crippen LogP contribution in [0.3, 0.4) is 0 Å². The summed E-state index contributed by atoms with van der Waals surface area (Å²) >= 11 is 0. The lowest BCUT2D eigenvalue weighted by molar-refractivity contribution is -0.137. The molecule has 2 atom stereocenters. The number of rotatable bonds is 3. The second kappa shape index (κ2) is 7.33. The number of aryl methyl sites for hydroxylation is 1. The first-order valence-electron chi connectivity index (χ1n) is 10.0. The number of carbonyl (C=O) groups excluding carboxylic acids is 2. The highest BCUT2D eigenvalue weighted by molar-refractivity contribution is 6.00. The van der Waals surface area contributed by atoms with Gasteiger partial charge in [-0.3, -0.25) is 19.9 Å². The maximum absolute atomic E-state index is 13.3. The Morgan fingerprint density at radius 1 is 1.26 bits per heavy atom. The average Bonchev–Trinajstić information content (AvgIpc) is 3.26. The number of aromatic nitrogens is 1. The number of amides is 2. The second-order valence-electron chi connectivity index (χ2n) is 8.34. The smallest absolute Gasteiger partial charge is 0.366 e. The van der Waals surface area contributed by atoms with E-state index in [4.69, 9.17) is 5.73 Å². The van der Waals surface area contributed by atoms with E-state index in [0.29, 0.717) is 42.8 Å². The molecule has 1 spiro atoms. The van der Waals surface area contributed by atoms with Crippen LogP contribution in [0, 0.1) is 6.92 Å². The summed E-state index contributed by atoms with van der Waals surface area (Å²) in [5, 5.41) is 3.42. The van der Waals surface area contributed by atoms with Gasteiger partial charge in [0, 0.05) is 24.8 Å². The van der Waals surface area contributed by atoms with E-state index in [1.807, 2.05) is 0 Å². The minimum atomic E-state index is -4.55. The van der Waals surface area contributed by atoms with Crippen LogP contribution >= 0.6 is 0 Å². The summed E-state index contributed by atoms with van der Waals surface area (Å²) in [6, 6.07) is 5.99. The first-order chi connectivity index (χ1) is 14.5. The van der Waals surface area contributed by atoms with Gasteiger partial charge in [-0.05, 0) is 67.6 Å². The molecule has 9 heteroatoms. The van der Waals surface area contributed by atoms with Gasteiger partial charge in [0.25, 0.3) is 0 Å². The number of hydrogen-bond donors (Lipinski definition) is 2. The van der Waals surface area contributed by atoms with Crippen molar-refractivity contribution in [3.05, 3.63) is 52.8 Å². The zero-order valence-corrected chi connectivity index (χ0v) is 17.2. The molecule has 31 heavy (non-hydrogen) atoms. The molecule has 0 bridgehead atoms. The molecule has 1 aromatic heterocycles. The molecule has 2 aromatic rings. The van der Waals surface area contributed by atoms with Gasteiger partial charge in [0.2, 0.25) is 11.8 Å². The molecule has 3 heterocycles. The molecule has 2 aliphatic heterocycles. The van der Waals surface area contributed by atoms with E-state index in [0.717, 1.165) is 18.2 Å². The van der Waals surface area contributed by atoms with Gasteiger partial charge >= 0.3 is 6.18 Å². The van der Waals surface area contributed by atoms with E-state index in [9.17, 15) is 22.8 Å². The molecule has 2 saturated heterocycles. The van der Waals surface area contributed by atoms with Crippen LogP contribution in [0.15, 0.2) is 30.3 Å². The predicted molar refractivity (Wildman–Crippen MR) is 108 cm³/mol. The van der Waals surface area contributed by atoms with E-state index in [1.54, 1.807) is 31.0 Å². The number of nitrogens with one attached hydrogen (secondary N) is 1. The van der Waals surface area contributed by atoms with E-state index in [1.165, 1.54) is 0 Å². The zero-order valence-electron chi connectivity index (χ0n) is 17.2. The third kappa shape index (κ3) is 3.78. The van der Waals surface area contributed by atoms with Crippen molar-refractivity contribution in [3.63, 3.8) is 0 Å². The molecule has 1 aromatic carbocycles. The fraction of sp³-hybridized carbons (Fsp3) is 0.409. The Morgan fingerprint density at radius 3 is 2.61 bits per heavy atom. The summed E-state index contributed by atoms with van der Waals surface area (Å²) in [5.41, 5.74) is 5.72. The first kappa shape index (κ1) is 21.3. The number of likely N-dealkylation sites (tertiary alicyclic amines) is 1. The second-order valence-corrected chi connectivity index (χ2v) is 8.34. The number of benzene rings is 1. The van der Waals surface area contributed by atoms with Gasteiger partial charge in [0.1, 0.15) is 5.54 Å². The highest BCUT2D eigenvalue weighted by Gasteiger charge is 2.50. The average molecular weight is 432 g/mol. The Labute approximate surface area is 177 Å². The van der Waals surface area contributed by atoms with Gasteiger partial charge in [-0.2, -0.15) is 13.2 Å². The summed E-state index contributed by atoms with van der Waals surface area (Å²) < 4.78 is 39.9. The monoisotopic (exact) mass is 432 g/mol. The minimum Gasteiger partial charge on any atom is -0.366 e. The van der Waals surface area contributed by atoms with Crippen LogP contribution in [0.4, 0.5) is 13.2 Å². The number of primary amides is 1. The van der Waals surface area contributed by atoms with Crippen LogP contribution in [-0.2, 0) is 11.0 Å². The molecule has 6 nitrogen and oxygen atoms in total. The molecular weight excluding hydrogens is 409 g/mol. The molecular formula is C22H23F3N4O2. The lowest BCUT2D eigenvalue weighted by Gasteiger charge is -2.23. The lowest BCUT2D eigenvalue weighted by atomic mass is 9.95. The van der Waals surface area contributed by atoms with Crippen LogP contribution in [0.2, 0.25) is 0 Å². The van der Waals surface area contributed by atoms with Crippen molar-refractivity contribution in [2.24, 2.45) is 5.73 Å². The van der Waals surface area contributed by atoms with Crippen LogP contribution in [0.25, 0.3) is 11.1 Å². The van der Waals surface area contributed by atoms with Crippen molar-refractivity contribution in [1.29, 1.82) is 0 Å². The lowest BCUT2D eigenvalue weighted by Crippen LogP contribution is -2.47. The van der Waals surface area contributed by atoms with Crippen LogP contribution in [-0.4, -0.2) is 40.8 Å². The fourth-order valence-electron chi connectivity index (χ4n) is 4.59. The minimum absolute atomic E-state index is 0.00740. The van der Waals surface area contributed by atoms with Crippen molar-refractivity contribution >= 4 is 11.8 Å². The number of nitrogens with two attached hydrogens (primary N) is 1. The molecule has 4 rings (SSSR count). The Morgan fingerprint density at radius 2 is 2.00 bits per heavy atom. The fourth-order valence-corrected chi connectivity index (χ4v) is 4.59. The number of carbonyl (C=O) groups is 2. The summed E-state index contributed by atoms with van der Waals surface area (Å²) in [7, 11) is 1.77. The number of pyridine rings is 1. The van der Waals surface area contributed by atoms with Gasteiger partial charge < -0.3 is 10.6 Å². The van der Waals surface area contributed by atoms with Crippen LogP contribution in [0.5, 0.6) is 0 Å². The van der Waals surface area contributed by atoms with E-state index in [-0.39, 0.29) is 23.1 Å². The Bertz CT molecular complexity index is 1070. The highest BCUT2D eigenvalue weighted by Crippen LogP contribution is 2.40. The molecule has 0 aliphatic carbocycles. The molecule has 0 radical (unpaired) electrons. The molecule has 3 N–H and O–H groups in total. The molecule has 2 fully saturated rings. The van der Waals surface area contributed by atoms with E-state index < -0.39 is 23.2 Å². The number of halogens is 3. The summed E-state index contributed by atoms with van der Waals surface area (Å²) in [5.74, 6) is -0.756. The van der Waals surface area contributed by atoms with Gasteiger partial charge in [0.05, 0.1) is 17.3 Å². The zero-order chi connectivity index (χ0) is 22.6. The van der Waals surface area contributed by atoms with Crippen molar-refractivity contribution in [2.75, 3.05) is 13.6 Å². The molecule has 2 amide bonds. The third-order valence-corrected chi connectivity index (χ3v) is 6.19. The summed E-state index contributed by atoms with van der Waals surface area (Å²) in [4.78, 5) is 30.7. The van der Waals surface area contributed by atoms with Crippen LogP contribution in [0.1, 0.15) is 52.6 Å². The Hall–Kier alpha value is -2.94. The Balaban J connectivity index is 1.74. The topological polar surface area (TPSA) is 88.3 Å². The SMILES string of the molecule is Cc1cc(-c2cc(C(F)(F)F)ccc2C(N)=O)cc(C2CC[C@]3(CCN(C)C3=O)N2)n1. The van der Waals surface area contributed by atoms with Crippen molar-refractivity contribution in [3.8, 4) is 11.1 Å². The number of alkyl halides is 3. The standard InChI is InChI=1S/C22H23F3N4O2/c1-12-9-13(16-11-14(22(23,24)25)3-4-15(16)19(26)30)10-18(27-12)17-5-6-21(28-17)7-8-29(2)20(21)31/h3-4,9-11,17,28H,5-8H2,1-2H3,(H2,26,30)/t17?,21-/m1/s1. The number of nitrogens with zero attached hydrogens (tertiary/aromatic N) is 2. The van der Waals surface area contributed by atoms with Crippen molar-refractivity contribution in [2.45, 2.75) is 43.9 Å². The quantitative estimate of drug-likeness (QED) is 0.780. The molecule has 2 aliphatic rings. The van der Waals surface area contributed by atoms with Gasteiger partial charge in [-0.1, -0.05) is 0 Å². The van der Waals surface area contributed by atoms with Crippen molar-refractivity contribution < 1.29 is 22.8 Å². The van der Waals surface area contributed by atoms with Gasteiger partial charge in [-0.15, -0.1) is 0 Å². The predicted octanol–water partition coefficient (Wildman–Crippen LogP) is 3.20. The number of likely N-dealkylation sites (N-methyl/N-ethyl adjacent to an activating group) is 1. The maximum Gasteiger partial charge on any atom is 0.416 e. The maximum atomic E-state index is 13.3. The summed E-state index contributed by atoms with van der Waals surface area (Å²) in [6.07, 6.45) is -2.50. The first-order valence-corrected chi connectivity index (χ1v) is 10.0. The van der Waals surface area contributed by atoms with E-state index in [2.05, 4.69) is 10.3 Å². The molecule has 0 saturated carbocycles. The largest absolute Gasteiger partial charge is 0.416 e. The van der Waals surface area contributed by atoms with Gasteiger partial charge in [-0.25, -0.2) is 0 Å². The van der Waals surface area contributed by atoms with Gasteiger partial charge in [0.15, 0.2) is 0 Å². The number of hydrogen-bond acceptors (Lipinski definition) is 4. The Kier molecular flexibility index (Phi) is 5.04. The van der Waals surface area contributed by atoms with Crippen molar-refractivity contribution in [1.82, 2.24) is 15.2 Å². The van der Waals surface area contributed by atoms with Crippen LogP contribution < -0.4 is 11.1 Å². The third-order valence-electron chi connectivity index (χ3n) is 6.19. The summed E-state index contributed by atoms with van der Waals surface area (Å²) in [6.45, 7) is 2.42.